The molecule has 1 aromatic rings. The number of methoxy groups -OCH3 is 1. The zero-order valence-corrected chi connectivity index (χ0v) is 10.3. The predicted molar refractivity (Wildman–Crippen MR) is 62.7 cm³/mol. The first-order valence-electron chi connectivity index (χ1n) is 5.49. The van der Waals surface area contributed by atoms with Gasteiger partial charge in [-0.3, -0.25) is 0 Å². The van der Waals surface area contributed by atoms with E-state index in [1.165, 1.54) is 12.1 Å². The van der Waals surface area contributed by atoms with E-state index >= 15 is 0 Å². The summed E-state index contributed by atoms with van der Waals surface area (Å²) < 4.78 is 36.5. The molecule has 100 valence electrons. The second kappa shape index (κ2) is 6.90. The molecule has 4 nitrogen and oxygen atoms in total. The van der Waals surface area contributed by atoms with E-state index in [2.05, 4.69) is 10.1 Å². The lowest BCUT2D eigenvalue weighted by Crippen LogP contribution is -2.12. The van der Waals surface area contributed by atoms with Gasteiger partial charge in [-0.1, -0.05) is 0 Å². The number of anilines is 1. The molecular formula is C12H15F2NO3. The first kappa shape index (κ1) is 14.4. The third-order valence-electron chi connectivity index (χ3n) is 2.25. The summed E-state index contributed by atoms with van der Waals surface area (Å²) in [4.78, 5) is 11.1. The second-order valence-corrected chi connectivity index (χ2v) is 3.40. The number of hydrogen-bond acceptors (Lipinski definition) is 4. The Hall–Kier alpha value is -1.69. The molecule has 1 rings (SSSR count). The Morgan fingerprint density at radius 3 is 2.67 bits per heavy atom. The highest BCUT2D eigenvalue weighted by molar-refractivity contribution is 5.90. The summed E-state index contributed by atoms with van der Waals surface area (Å²) in [7, 11) is 1.11. The molecule has 1 aromatic carbocycles. The second-order valence-electron chi connectivity index (χ2n) is 3.40. The zero-order valence-electron chi connectivity index (χ0n) is 10.3. The molecule has 0 bridgehead atoms. The highest BCUT2D eigenvalue weighted by Crippen LogP contribution is 2.21. The highest BCUT2D eigenvalue weighted by Gasteiger charge is 2.18. The highest BCUT2D eigenvalue weighted by atomic mass is 19.2. The Balaban J connectivity index is 2.78. The first-order chi connectivity index (χ1) is 8.61. The summed E-state index contributed by atoms with van der Waals surface area (Å²) in [6, 6.07) is 2.46. The van der Waals surface area contributed by atoms with Crippen molar-refractivity contribution in [2.45, 2.75) is 6.92 Å². The van der Waals surface area contributed by atoms with E-state index in [9.17, 15) is 13.6 Å². The smallest absolute Gasteiger partial charge is 0.340 e. The van der Waals surface area contributed by atoms with Gasteiger partial charge < -0.3 is 14.8 Å². The van der Waals surface area contributed by atoms with Crippen molar-refractivity contribution in [2.24, 2.45) is 0 Å². The van der Waals surface area contributed by atoms with E-state index < -0.39 is 23.2 Å². The number of halogens is 2. The van der Waals surface area contributed by atoms with E-state index in [1.54, 1.807) is 0 Å². The fourth-order valence-electron chi connectivity index (χ4n) is 1.36. The molecule has 0 aliphatic rings. The van der Waals surface area contributed by atoms with Crippen LogP contribution in [0.3, 0.4) is 0 Å². The fourth-order valence-corrected chi connectivity index (χ4v) is 1.36. The van der Waals surface area contributed by atoms with Crippen LogP contribution in [0.4, 0.5) is 14.5 Å². The number of esters is 1. The maximum Gasteiger partial charge on any atom is 0.340 e. The normalized spacial score (nSPS) is 10.2. The van der Waals surface area contributed by atoms with Crippen LogP contribution >= 0.6 is 0 Å². The number of rotatable bonds is 6. The molecule has 0 radical (unpaired) electrons. The molecule has 18 heavy (non-hydrogen) atoms. The lowest BCUT2D eigenvalue weighted by atomic mass is 10.2. The van der Waals surface area contributed by atoms with Crippen LogP contribution in [0, 0.1) is 11.6 Å². The van der Waals surface area contributed by atoms with Crippen molar-refractivity contribution in [3.05, 3.63) is 29.3 Å². The van der Waals surface area contributed by atoms with Crippen LogP contribution in [0.1, 0.15) is 17.3 Å². The molecule has 0 unspecified atom stereocenters. The molecule has 0 aromatic heterocycles. The monoisotopic (exact) mass is 259 g/mol. The van der Waals surface area contributed by atoms with E-state index in [-0.39, 0.29) is 5.69 Å². The van der Waals surface area contributed by atoms with Gasteiger partial charge in [0.25, 0.3) is 0 Å². The summed E-state index contributed by atoms with van der Waals surface area (Å²) in [5.41, 5.74) is -0.440. The molecule has 0 saturated heterocycles. The average Bonchev–Trinajstić information content (AvgIpc) is 2.38. The van der Waals surface area contributed by atoms with Gasteiger partial charge >= 0.3 is 5.97 Å². The van der Waals surface area contributed by atoms with Crippen LogP contribution in [0.25, 0.3) is 0 Å². The van der Waals surface area contributed by atoms with Crippen LogP contribution in [0.15, 0.2) is 12.1 Å². The maximum absolute atomic E-state index is 13.6. The fraction of sp³-hybridized carbons (Fsp3) is 0.417. The molecule has 0 aliphatic heterocycles. The number of nitrogens with one attached hydrogen (secondary N) is 1. The van der Waals surface area contributed by atoms with Crippen molar-refractivity contribution in [3.63, 3.8) is 0 Å². The van der Waals surface area contributed by atoms with Crippen molar-refractivity contribution in [1.29, 1.82) is 0 Å². The Morgan fingerprint density at radius 1 is 1.33 bits per heavy atom. The molecule has 0 saturated carbocycles. The van der Waals surface area contributed by atoms with Gasteiger partial charge in [0.1, 0.15) is 0 Å². The minimum atomic E-state index is -1.22. The third kappa shape index (κ3) is 3.40. The van der Waals surface area contributed by atoms with E-state index in [0.717, 1.165) is 7.11 Å². The van der Waals surface area contributed by atoms with Gasteiger partial charge in [-0.05, 0) is 19.1 Å². The number of carbonyl (C=O) groups is 1. The van der Waals surface area contributed by atoms with Gasteiger partial charge in [0.15, 0.2) is 11.6 Å². The van der Waals surface area contributed by atoms with Crippen LogP contribution in [0.2, 0.25) is 0 Å². The largest absolute Gasteiger partial charge is 0.465 e. The summed E-state index contributed by atoms with van der Waals surface area (Å²) in [6.45, 7) is 3.13. The standard InChI is InChI=1S/C12H15F2NO3/c1-3-18-7-6-15-9-5-4-8(12(16)17-2)10(13)11(9)14/h4-5,15H,3,6-7H2,1-2H3. The Bertz CT molecular complexity index is 424. The molecule has 0 amide bonds. The van der Waals surface area contributed by atoms with Crippen molar-refractivity contribution in [2.75, 3.05) is 32.2 Å². The van der Waals surface area contributed by atoms with Gasteiger partial charge in [0.05, 0.1) is 25.0 Å². The number of hydrogen-bond donors (Lipinski definition) is 1. The van der Waals surface area contributed by atoms with E-state index in [0.29, 0.717) is 19.8 Å². The van der Waals surface area contributed by atoms with Gasteiger partial charge in [0.2, 0.25) is 0 Å². The number of benzene rings is 1. The molecule has 0 fully saturated rings. The van der Waals surface area contributed by atoms with E-state index in [4.69, 9.17) is 4.74 Å². The molecular weight excluding hydrogens is 244 g/mol. The Kier molecular flexibility index (Phi) is 5.51. The van der Waals surface area contributed by atoms with Crippen LogP contribution < -0.4 is 5.32 Å². The molecule has 6 heteroatoms. The minimum Gasteiger partial charge on any atom is -0.465 e. The average molecular weight is 259 g/mol. The quantitative estimate of drug-likeness (QED) is 0.628. The lowest BCUT2D eigenvalue weighted by molar-refractivity contribution is 0.0594. The summed E-state index contributed by atoms with van der Waals surface area (Å²) in [5, 5.41) is 2.68. The van der Waals surface area contributed by atoms with Crippen molar-refractivity contribution in [3.8, 4) is 0 Å². The summed E-state index contributed by atoms with van der Waals surface area (Å²) in [6.07, 6.45) is 0. The molecule has 0 aliphatic carbocycles. The van der Waals surface area contributed by atoms with Crippen molar-refractivity contribution in [1.82, 2.24) is 0 Å². The minimum absolute atomic E-state index is 0.0140. The predicted octanol–water partition coefficient (Wildman–Crippen LogP) is 2.20. The van der Waals surface area contributed by atoms with Crippen LogP contribution in [-0.4, -0.2) is 32.8 Å². The van der Waals surface area contributed by atoms with E-state index in [1.807, 2.05) is 6.92 Å². The van der Waals surface area contributed by atoms with Crippen LogP contribution in [0.5, 0.6) is 0 Å². The number of ether oxygens (including phenoxy) is 2. The topological polar surface area (TPSA) is 47.6 Å². The molecule has 1 N–H and O–H groups in total. The lowest BCUT2D eigenvalue weighted by Gasteiger charge is -2.09. The van der Waals surface area contributed by atoms with Crippen molar-refractivity contribution < 1.29 is 23.0 Å². The molecule has 0 spiro atoms. The van der Waals surface area contributed by atoms with Crippen LogP contribution in [-0.2, 0) is 9.47 Å². The van der Waals surface area contributed by atoms with Gasteiger partial charge in [-0.25, -0.2) is 13.6 Å². The summed E-state index contributed by atoms with van der Waals surface area (Å²) >= 11 is 0. The first-order valence-corrected chi connectivity index (χ1v) is 5.49. The zero-order chi connectivity index (χ0) is 13.5. The maximum atomic E-state index is 13.6. The van der Waals surface area contributed by atoms with Gasteiger partial charge in [0, 0.05) is 13.2 Å². The Morgan fingerprint density at radius 2 is 2.06 bits per heavy atom. The third-order valence-corrected chi connectivity index (χ3v) is 2.25. The number of carbonyl (C=O) groups excluding carboxylic acids is 1. The SMILES string of the molecule is CCOCCNc1ccc(C(=O)OC)c(F)c1F. The Labute approximate surface area is 104 Å². The van der Waals surface area contributed by atoms with Gasteiger partial charge in [-0.15, -0.1) is 0 Å². The summed E-state index contributed by atoms with van der Waals surface area (Å²) in [5.74, 6) is -3.23. The van der Waals surface area contributed by atoms with Crippen molar-refractivity contribution >= 4 is 11.7 Å². The van der Waals surface area contributed by atoms with Gasteiger partial charge in [-0.2, -0.15) is 0 Å². The molecule has 0 atom stereocenters. The molecule has 0 heterocycles.